The molecule has 1 heterocycles. The fourth-order valence-corrected chi connectivity index (χ4v) is 3.50. The van der Waals surface area contributed by atoms with Gasteiger partial charge in [-0.2, -0.15) is 5.26 Å². The molecule has 1 aromatic rings. The van der Waals surface area contributed by atoms with Crippen LogP contribution < -0.4 is 11.1 Å². The van der Waals surface area contributed by atoms with Gasteiger partial charge in [0.15, 0.2) is 0 Å². The van der Waals surface area contributed by atoms with E-state index in [-0.39, 0.29) is 27.6 Å². The predicted octanol–water partition coefficient (Wildman–Crippen LogP) is 0.551. The van der Waals surface area contributed by atoms with Crippen molar-refractivity contribution in [3.8, 4) is 6.07 Å². The van der Waals surface area contributed by atoms with Crippen LogP contribution in [0.3, 0.4) is 0 Å². The van der Waals surface area contributed by atoms with Gasteiger partial charge in [-0.25, -0.2) is 0 Å². The van der Waals surface area contributed by atoms with Crippen LogP contribution in [-0.4, -0.2) is 35.6 Å². The molecule has 0 aliphatic carbocycles. The first-order valence-corrected chi connectivity index (χ1v) is 8.47. The summed E-state index contributed by atoms with van der Waals surface area (Å²) in [4.78, 5) is 46.5. The second kappa shape index (κ2) is 8.33. The molecule has 0 saturated carbocycles. The number of ether oxygens (including phenoxy) is 1. The third kappa shape index (κ3) is 4.06. The van der Waals surface area contributed by atoms with Gasteiger partial charge in [0, 0.05) is 11.6 Å². The molecule has 0 saturated heterocycles. The van der Waals surface area contributed by atoms with Gasteiger partial charge in [-0.3, -0.25) is 24.5 Å². The van der Waals surface area contributed by atoms with E-state index in [1.165, 1.54) is 24.3 Å². The first-order chi connectivity index (χ1) is 12.8. The van der Waals surface area contributed by atoms with Crippen LogP contribution in [0.25, 0.3) is 0 Å². The molecule has 3 N–H and O–H groups in total. The number of carbonyl (C=O) groups is 3. The molecule has 10 nitrogen and oxygen atoms in total. The lowest BCUT2D eigenvalue weighted by molar-refractivity contribution is -0.385. The zero-order valence-corrected chi connectivity index (χ0v) is 14.8. The van der Waals surface area contributed by atoms with E-state index in [1.54, 1.807) is 0 Å². The fraction of sp³-hybridized carbons (Fsp3) is 0.250. The molecule has 140 valence electrons. The van der Waals surface area contributed by atoms with E-state index in [0.29, 0.717) is 0 Å². The Morgan fingerprint density at radius 3 is 2.67 bits per heavy atom. The number of nitrogens with one attached hydrogen (secondary N) is 1. The number of nitrogens with two attached hydrogens (primary N) is 1. The summed E-state index contributed by atoms with van der Waals surface area (Å²) in [5, 5.41) is 23.5. The van der Waals surface area contributed by atoms with E-state index in [2.05, 4.69) is 10.1 Å². The van der Waals surface area contributed by atoms with Gasteiger partial charge >= 0.3 is 5.97 Å². The lowest BCUT2D eigenvalue weighted by atomic mass is 9.78. The summed E-state index contributed by atoms with van der Waals surface area (Å²) in [5.74, 6) is -5.39. The number of nitriles is 1. The number of rotatable bonds is 6. The van der Waals surface area contributed by atoms with E-state index in [1.807, 2.05) is 6.07 Å². The van der Waals surface area contributed by atoms with Crippen LogP contribution in [0.2, 0.25) is 0 Å². The molecule has 2 amide bonds. The monoisotopic (exact) mass is 390 g/mol. The standard InChI is InChI=1S/C16H14N4O6S/c1-26-16(23)13-12(8-4-2-3-5-10(8)20(24)25)9(6-17)15(19-14(13)22)27-7-11(18)21/h2-5,12-13H,7H2,1H3,(H2,18,21)(H,19,22)/t12-,13-/m1/s1. The van der Waals surface area contributed by atoms with Gasteiger partial charge in [-0.1, -0.05) is 30.0 Å². The maximum absolute atomic E-state index is 12.5. The highest BCUT2D eigenvalue weighted by Gasteiger charge is 2.46. The highest BCUT2D eigenvalue weighted by molar-refractivity contribution is 8.03. The van der Waals surface area contributed by atoms with Gasteiger partial charge in [-0.05, 0) is 0 Å². The van der Waals surface area contributed by atoms with Crippen LogP contribution in [0, 0.1) is 27.4 Å². The first-order valence-electron chi connectivity index (χ1n) is 7.49. The van der Waals surface area contributed by atoms with E-state index >= 15 is 0 Å². The quantitative estimate of drug-likeness (QED) is 0.307. The average Bonchev–Trinajstić information content (AvgIpc) is 2.64. The van der Waals surface area contributed by atoms with Gasteiger partial charge in [0.2, 0.25) is 11.8 Å². The SMILES string of the molecule is COC(=O)[C@H]1C(=O)NC(SCC(N)=O)=C(C#N)[C@H]1c1ccccc1[N+](=O)[O-]. The highest BCUT2D eigenvalue weighted by atomic mass is 32.2. The minimum Gasteiger partial charge on any atom is -0.468 e. The lowest BCUT2D eigenvalue weighted by Crippen LogP contribution is -2.44. The molecule has 0 unspecified atom stereocenters. The number of nitrogens with zero attached hydrogens (tertiary/aromatic N) is 2. The van der Waals surface area contributed by atoms with Crippen molar-refractivity contribution in [2.75, 3.05) is 12.9 Å². The summed E-state index contributed by atoms with van der Waals surface area (Å²) in [6.45, 7) is 0. The number of benzene rings is 1. The number of primary amides is 1. The van der Waals surface area contributed by atoms with Gasteiger partial charge in [0.25, 0.3) is 5.69 Å². The van der Waals surface area contributed by atoms with Crippen LogP contribution in [-0.2, 0) is 19.1 Å². The Morgan fingerprint density at radius 2 is 2.11 bits per heavy atom. The maximum Gasteiger partial charge on any atom is 0.319 e. The van der Waals surface area contributed by atoms with Crippen molar-refractivity contribution in [2.24, 2.45) is 11.7 Å². The van der Waals surface area contributed by atoms with Crippen LogP contribution >= 0.6 is 11.8 Å². The molecule has 11 heteroatoms. The van der Waals surface area contributed by atoms with E-state index in [0.717, 1.165) is 18.9 Å². The Labute approximate surface area is 157 Å². The van der Waals surface area contributed by atoms with Crippen molar-refractivity contribution >= 4 is 35.2 Å². The number of carbonyl (C=O) groups excluding carboxylic acids is 3. The second-order valence-corrected chi connectivity index (χ2v) is 6.38. The van der Waals surface area contributed by atoms with Crippen LogP contribution in [0.4, 0.5) is 5.69 Å². The van der Waals surface area contributed by atoms with Crippen LogP contribution in [0.5, 0.6) is 0 Å². The smallest absolute Gasteiger partial charge is 0.319 e. The number of methoxy groups -OCH3 is 1. The molecular weight excluding hydrogens is 376 g/mol. The Balaban J connectivity index is 2.71. The molecule has 1 aliphatic rings. The topological polar surface area (TPSA) is 165 Å². The zero-order chi connectivity index (χ0) is 20.1. The number of allylic oxidation sites excluding steroid dienone is 1. The fourth-order valence-electron chi connectivity index (χ4n) is 2.72. The van der Waals surface area contributed by atoms with E-state index < -0.39 is 34.5 Å². The Morgan fingerprint density at radius 1 is 1.44 bits per heavy atom. The van der Waals surface area contributed by atoms with E-state index in [9.17, 15) is 29.8 Å². The van der Waals surface area contributed by atoms with Gasteiger partial charge in [0.1, 0.15) is 5.92 Å². The second-order valence-electron chi connectivity index (χ2n) is 5.39. The average molecular weight is 390 g/mol. The minimum absolute atomic E-state index is 0.0153. The van der Waals surface area contributed by atoms with Crippen molar-refractivity contribution in [3.63, 3.8) is 0 Å². The summed E-state index contributed by atoms with van der Waals surface area (Å²) in [5.41, 5.74) is 4.67. The Kier molecular flexibility index (Phi) is 6.15. The van der Waals surface area contributed by atoms with Gasteiger partial charge in [0.05, 0.1) is 40.4 Å². The zero-order valence-electron chi connectivity index (χ0n) is 14.0. The van der Waals surface area contributed by atoms with Gasteiger partial charge in [-0.15, -0.1) is 0 Å². The number of hydrogen-bond donors (Lipinski definition) is 2. The Bertz CT molecular complexity index is 891. The molecule has 27 heavy (non-hydrogen) atoms. The number of esters is 1. The van der Waals surface area contributed by atoms with Crippen molar-refractivity contribution in [3.05, 3.63) is 50.5 Å². The third-order valence-corrected chi connectivity index (χ3v) is 4.85. The van der Waals surface area contributed by atoms with Crippen molar-refractivity contribution in [1.82, 2.24) is 5.32 Å². The van der Waals surface area contributed by atoms with E-state index in [4.69, 9.17) is 5.73 Å². The molecule has 1 aromatic carbocycles. The summed E-state index contributed by atoms with van der Waals surface area (Å²) >= 11 is 0.805. The van der Waals surface area contributed by atoms with Crippen LogP contribution in [0.15, 0.2) is 34.9 Å². The third-order valence-electron chi connectivity index (χ3n) is 3.81. The minimum atomic E-state index is -1.50. The molecule has 0 aromatic heterocycles. The summed E-state index contributed by atoms with van der Waals surface area (Å²) in [6.07, 6.45) is 0. The van der Waals surface area contributed by atoms with Crippen molar-refractivity contribution in [2.45, 2.75) is 5.92 Å². The summed E-state index contributed by atoms with van der Waals surface area (Å²) < 4.78 is 4.66. The molecule has 1 aliphatic heterocycles. The lowest BCUT2D eigenvalue weighted by Gasteiger charge is -2.30. The van der Waals surface area contributed by atoms with Crippen LogP contribution in [0.1, 0.15) is 11.5 Å². The number of hydrogen-bond acceptors (Lipinski definition) is 8. The molecule has 0 spiro atoms. The first kappa shape index (κ1) is 19.9. The molecule has 0 bridgehead atoms. The number of nitro groups is 1. The number of para-hydroxylation sites is 1. The highest BCUT2D eigenvalue weighted by Crippen LogP contribution is 2.43. The molecular formula is C16H14N4O6S. The summed E-state index contributed by atoms with van der Waals surface area (Å²) in [6, 6.07) is 7.38. The maximum atomic E-state index is 12.5. The van der Waals surface area contributed by atoms with Crippen molar-refractivity contribution < 1.29 is 24.0 Å². The van der Waals surface area contributed by atoms with Gasteiger partial charge < -0.3 is 15.8 Å². The molecule has 0 fully saturated rings. The number of amides is 2. The summed E-state index contributed by atoms with van der Waals surface area (Å²) in [7, 11) is 1.07. The predicted molar refractivity (Wildman–Crippen MR) is 93.8 cm³/mol. The molecule has 2 atom stereocenters. The largest absolute Gasteiger partial charge is 0.468 e. The molecule has 0 radical (unpaired) electrons. The number of nitro benzene ring substituents is 1. The Hall–Kier alpha value is -3.39. The normalized spacial score (nSPS) is 19.0. The molecule has 2 rings (SSSR count). The van der Waals surface area contributed by atoms with Crippen molar-refractivity contribution in [1.29, 1.82) is 5.26 Å². The number of thioether (sulfide) groups is 1.